The fraction of sp³-hybridized carbons (Fsp3) is 0.381. The lowest BCUT2D eigenvalue weighted by molar-refractivity contribution is -0.140. The zero-order valence-corrected chi connectivity index (χ0v) is 16.6. The van der Waals surface area contributed by atoms with Crippen molar-refractivity contribution in [2.45, 2.75) is 19.1 Å². The third kappa shape index (κ3) is 6.20. The molecule has 0 aliphatic heterocycles. The molecule has 8 heteroatoms. The summed E-state index contributed by atoms with van der Waals surface area (Å²) < 4.78 is 54.7. The molecular formula is C21H24F3NO4. The molecule has 2 aromatic carbocycles. The van der Waals surface area contributed by atoms with Crippen LogP contribution in [0.1, 0.15) is 16.7 Å². The van der Waals surface area contributed by atoms with E-state index in [9.17, 15) is 18.0 Å². The zero-order valence-electron chi connectivity index (χ0n) is 16.6. The van der Waals surface area contributed by atoms with Crippen LogP contribution < -0.4 is 10.1 Å². The molecule has 0 atom stereocenters. The molecule has 0 fully saturated rings. The van der Waals surface area contributed by atoms with Crippen LogP contribution in [-0.4, -0.2) is 40.5 Å². The Bertz CT molecular complexity index is 837. The number of alkyl halides is 3. The van der Waals surface area contributed by atoms with E-state index in [4.69, 9.17) is 14.2 Å². The molecule has 2 aromatic rings. The number of esters is 1. The Morgan fingerprint density at radius 2 is 1.79 bits per heavy atom. The number of hydrogen-bond acceptors (Lipinski definition) is 5. The molecule has 0 aliphatic carbocycles. The molecule has 0 aromatic heterocycles. The average Bonchev–Trinajstić information content (AvgIpc) is 2.70. The largest absolute Gasteiger partial charge is 0.496 e. The second kappa shape index (κ2) is 10.3. The van der Waals surface area contributed by atoms with Gasteiger partial charge in [-0.15, -0.1) is 0 Å². The summed E-state index contributed by atoms with van der Waals surface area (Å²) in [4.78, 5) is 11.6. The minimum absolute atomic E-state index is 0.0511. The smallest absolute Gasteiger partial charge is 0.416 e. The van der Waals surface area contributed by atoms with Crippen molar-refractivity contribution in [1.29, 1.82) is 0 Å². The van der Waals surface area contributed by atoms with Gasteiger partial charge in [-0.25, -0.2) is 0 Å². The molecule has 5 nitrogen and oxygen atoms in total. The Morgan fingerprint density at radius 1 is 1.03 bits per heavy atom. The summed E-state index contributed by atoms with van der Waals surface area (Å²) in [5.74, 6) is 0.0894. The van der Waals surface area contributed by atoms with Crippen molar-refractivity contribution < 1.29 is 32.2 Å². The third-order valence-electron chi connectivity index (χ3n) is 4.36. The number of ether oxygens (including phenoxy) is 3. The van der Waals surface area contributed by atoms with Gasteiger partial charge in [-0.05, 0) is 41.0 Å². The molecule has 29 heavy (non-hydrogen) atoms. The minimum Gasteiger partial charge on any atom is -0.496 e. The molecule has 0 amide bonds. The number of carbonyl (C=O) groups is 1. The maximum absolute atomic E-state index is 13.2. The van der Waals surface area contributed by atoms with Crippen LogP contribution in [-0.2, 0) is 33.4 Å². The first-order valence-corrected chi connectivity index (χ1v) is 8.94. The lowest BCUT2D eigenvalue weighted by Gasteiger charge is -2.17. The maximum atomic E-state index is 13.2. The van der Waals surface area contributed by atoms with Gasteiger partial charge < -0.3 is 19.5 Å². The van der Waals surface area contributed by atoms with E-state index in [0.717, 1.165) is 12.1 Å². The second-order valence-corrected chi connectivity index (χ2v) is 6.33. The molecule has 0 unspecified atom stereocenters. The lowest BCUT2D eigenvalue weighted by atomic mass is 9.94. The van der Waals surface area contributed by atoms with Gasteiger partial charge >= 0.3 is 12.1 Å². The van der Waals surface area contributed by atoms with Crippen LogP contribution >= 0.6 is 0 Å². The Labute approximate surface area is 167 Å². The molecule has 0 spiro atoms. The number of carbonyl (C=O) groups excluding carboxylic acids is 1. The molecule has 0 aliphatic rings. The van der Waals surface area contributed by atoms with E-state index in [1.807, 2.05) is 0 Å². The van der Waals surface area contributed by atoms with Gasteiger partial charge in [0.25, 0.3) is 0 Å². The summed E-state index contributed by atoms with van der Waals surface area (Å²) in [5.41, 5.74) is 1.60. The van der Waals surface area contributed by atoms with Gasteiger partial charge in [0.15, 0.2) is 0 Å². The van der Waals surface area contributed by atoms with Crippen molar-refractivity contribution in [3.8, 4) is 16.9 Å². The van der Waals surface area contributed by atoms with Crippen LogP contribution in [0.3, 0.4) is 0 Å². The molecule has 1 N–H and O–H groups in total. The topological polar surface area (TPSA) is 56.8 Å². The van der Waals surface area contributed by atoms with Crippen LogP contribution in [0.4, 0.5) is 13.2 Å². The van der Waals surface area contributed by atoms with E-state index >= 15 is 0 Å². The predicted octanol–water partition coefficient (Wildman–Crippen LogP) is 3.83. The maximum Gasteiger partial charge on any atom is 0.416 e. The minimum atomic E-state index is -4.45. The van der Waals surface area contributed by atoms with Gasteiger partial charge in [-0.2, -0.15) is 13.2 Å². The van der Waals surface area contributed by atoms with Crippen molar-refractivity contribution >= 4 is 5.97 Å². The van der Waals surface area contributed by atoms with Crippen LogP contribution in [0.25, 0.3) is 11.1 Å². The third-order valence-corrected chi connectivity index (χ3v) is 4.36. The van der Waals surface area contributed by atoms with Crippen LogP contribution in [0, 0.1) is 0 Å². The zero-order chi connectivity index (χ0) is 21.4. The first kappa shape index (κ1) is 22.7. The number of benzene rings is 2. The molecular weight excluding hydrogens is 387 g/mol. The molecule has 0 bridgehead atoms. The van der Waals surface area contributed by atoms with Crippen LogP contribution in [0.2, 0.25) is 0 Å². The van der Waals surface area contributed by atoms with E-state index in [1.165, 1.54) is 20.3 Å². The quantitative estimate of drug-likeness (QED) is 0.502. The second-order valence-electron chi connectivity index (χ2n) is 6.33. The van der Waals surface area contributed by atoms with Crippen LogP contribution in [0.15, 0.2) is 36.4 Å². The molecule has 158 valence electrons. The van der Waals surface area contributed by atoms with Gasteiger partial charge in [0.2, 0.25) is 0 Å². The van der Waals surface area contributed by atoms with Crippen molar-refractivity contribution in [2.75, 3.05) is 34.5 Å². The van der Waals surface area contributed by atoms with E-state index in [0.29, 0.717) is 41.2 Å². The van der Waals surface area contributed by atoms with Gasteiger partial charge in [0.1, 0.15) is 5.75 Å². The highest BCUT2D eigenvalue weighted by Crippen LogP contribution is 2.37. The highest BCUT2D eigenvalue weighted by molar-refractivity contribution is 5.77. The summed E-state index contributed by atoms with van der Waals surface area (Å²) in [6.07, 6.45) is -4.40. The SMILES string of the molecule is COCCNCc1cc(C(F)(F)F)ccc1-c1cc(CC(=O)OC)ccc1OC. The van der Waals surface area contributed by atoms with E-state index in [1.54, 1.807) is 25.3 Å². The summed E-state index contributed by atoms with van der Waals surface area (Å²) >= 11 is 0. The van der Waals surface area contributed by atoms with Gasteiger partial charge in [-0.3, -0.25) is 4.79 Å². The van der Waals surface area contributed by atoms with E-state index in [-0.39, 0.29) is 13.0 Å². The first-order chi connectivity index (χ1) is 13.8. The summed E-state index contributed by atoms with van der Waals surface area (Å²) in [5, 5.41) is 3.08. The Hall–Kier alpha value is -2.58. The normalized spacial score (nSPS) is 11.4. The van der Waals surface area contributed by atoms with Gasteiger partial charge in [0, 0.05) is 25.8 Å². The molecule has 0 heterocycles. The van der Waals surface area contributed by atoms with Crippen molar-refractivity contribution in [3.63, 3.8) is 0 Å². The number of halogens is 3. The van der Waals surface area contributed by atoms with Gasteiger partial charge in [0.05, 0.1) is 32.8 Å². The standard InChI is InChI=1S/C21H24F3NO4/c1-27-9-8-25-13-15-12-16(21(22,23)24)5-6-17(15)18-10-14(11-20(26)29-3)4-7-19(18)28-2/h4-7,10,12,25H,8-9,11,13H2,1-3H3. The van der Waals surface area contributed by atoms with Crippen LogP contribution in [0.5, 0.6) is 5.75 Å². The van der Waals surface area contributed by atoms with Crippen molar-refractivity contribution in [2.24, 2.45) is 0 Å². The highest BCUT2D eigenvalue weighted by Gasteiger charge is 2.31. The molecule has 2 rings (SSSR count). The fourth-order valence-corrected chi connectivity index (χ4v) is 2.89. The average molecular weight is 411 g/mol. The summed E-state index contributed by atoms with van der Waals surface area (Å²) in [6, 6.07) is 8.74. The number of hydrogen-bond donors (Lipinski definition) is 1. The van der Waals surface area contributed by atoms with E-state index < -0.39 is 17.7 Å². The Kier molecular flexibility index (Phi) is 8.04. The predicted molar refractivity (Wildman–Crippen MR) is 103 cm³/mol. The van der Waals surface area contributed by atoms with E-state index in [2.05, 4.69) is 5.32 Å². The molecule has 0 saturated carbocycles. The number of methoxy groups -OCH3 is 3. The number of nitrogens with one attached hydrogen (secondary N) is 1. The Balaban J connectivity index is 2.50. The molecule has 0 radical (unpaired) electrons. The summed E-state index contributed by atoms with van der Waals surface area (Å²) in [7, 11) is 4.33. The Morgan fingerprint density at radius 3 is 2.41 bits per heavy atom. The highest BCUT2D eigenvalue weighted by atomic mass is 19.4. The lowest BCUT2D eigenvalue weighted by Crippen LogP contribution is -2.19. The van der Waals surface area contributed by atoms with Crippen molar-refractivity contribution in [1.82, 2.24) is 5.32 Å². The molecule has 0 saturated heterocycles. The first-order valence-electron chi connectivity index (χ1n) is 8.94. The van der Waals surface area contributed by atoms with Crippen molar-refractivity contribution in [3.05, 3.63) is 53.1 Å². The van der Waals surface area contributed by atoms with Gasteiger partial charge in [-0.1, -0.05) is 12.1 Å². The fourth-order valence-electron chi connectivity index (χ4n) is 2.89. The monoisotopic (exact) mass is 411 g/mol. The summed E-state index contributed by atoms with van der Waals surface area (Å²) in [6.45, 7) is 1.14. The number of rotatable bonds is 9.